The lowest BCUT2D eigenvalue weighted by Gasteiger charge is -2.07. The number of ether oxygens (including phenoxy) is 1. The Morgan fingerprint density at radius 3 is 2.90 bits per heavy atom. The molecular formula is C10H10ClF2N3O4. The molecule has 1 aromatic rings. The molecule has 0 fully saturated rings. The minimum absolute atomic E-state index is 0.0668. The van der Waals surface area contributed by atoms with Gasteiger partial charge in [0.05, 0.1) is 11.5 Å². The van der Waals surface area contributed by atoms with Crippen LogP contribution in [0.5, 0.6) is 0 Å². The van der Waals surface area contributed by atoms with Crippen LogP contribution < -0.4 is 5.32 Å². The molecule has 0 aliphatic heterocycles. The molecular weight excluding hydrogens is 300 g/mol. The number of carbonyl (C=O) groups excluding carboxylic acids is 1. The van der Waals surface area contributed by atoms with E-state index < -0.39 is 34.7 Å². The Labute approximate surface area is 117 Å². The number of carbonyl (C=O) groups is 1. The van der Waals surface area contributed by atoms with Crippen LogP contribution in [0.15, 0.2) is 12.3 Å². The summed E-state index contributed by atoms with van der Waals surface area (Å²) in [7, 11) is 0. The molecule has 7 nitrogen and oxygen atoms in total. The summed E-state index contributed by atoms with van der Waals surface area (Å²) in [5.74, 6) is -0.762. The summed E-state index contributed by atoms with van der Waals surface area (Å²) in [6.45, 7) is -0.942. The van der Waals surface area contributed by atoms with E-state index in [1.165, 1.54) is 0 Å². The minimum Gasteiger partial charge on any atom is -0.374 e. The SMILES string of the molecule is O=C(NCCOCC(F)F)c1ccnc(Cl)c1[N+](=O)[O-]. The standard InChI is InChI=1S/C10H10ClF2N3O4/c11-9-8(16(18)19)6(1-2-14-9)10(17)15-3-4-20-5-7(12)13/h1-2,7H,3-5H2,(H,15,17). The van der Waals surface area contributed by atoms with Gasteiger partial charge in [-0.15, -0.1) is 0 Å². The smallest absolute Gasteiger partial charge is 0.319 e. The second-order valence-electron chi connectivity index (χ2n) is 3.48. The van der Waals surface area contributed by atoms with Crippen molar-refractivity contribution in [1.82, 2.24) is 10.3 Å². The van der Waals surface area contributed by atoms with E-state index in [2.05, 4.69) is 15.0 Å². The largest absolute Gasteiger partial charge is 0.374 e. The highest BCUT2D eigenvalue weighted by molar-refractivity contribution is 6.32. The van der Waals surface area contributed by atoms with Crippen LogP contribution in [0.3, 0.4) is 0 Å². The van der Waals surface area contributed by atoms with Gasteiger partial charge in [-0.3, -0.25) is 14.9 Å². The third kappa shape index (κ3) is 4.67. The highest BCUT2D eigenvalue weighted by Gasteiger charge is 2.24. The molecule has 1 N–H and O–H groups in total. The van der Waals surface area contributed by atoms with E-state index in [-0.39, 0.29) is 18.7 Å². The van der Waals surface area contributed by atoms with Crippen LogP contribution in [-0.4, -0.2) is 42.0 Å². The summed E-state index contributed by atoms with van der Waals surface area (Å²) in [5, 5.41) is 12.7. The highest BCUT2D eigenvalue weighted by atomic mass is 35.5. The van der Waals surface area contributed by atoms with E-state index in [4.69, 9.17) is 11.6 Å². The molecule has 0 saturated carbocycles. The molecule has 1 amide bonds. The quantitative estimate of drug-likeness (QED) is 0.358. The van der Waals surface area contributed by atoms with E-state index in [9.17, 15) is 23.7 Å². The van der Waals surface area contributed by atoms with Crippen molar-refractivity contribution in [1.29, 1.82) is 0 Å². The summed E-state index contributed by atoms with van der Waals surface area (Å²) in [5.41, 5.74) is -0.871. The van der Waals surface area contributed by atoms with E-state index in [1.807, 2.05) is 0 Å². The number of hydrogen-bond acceptors (Lipinski definition) is 5. The molecule has 20 heavy (non-hydrogen) atoms. The molecule has 10 heteroatoms. The van der Waals surface area contributed by atoms with Gasteiger partial charge in [-0.25, -0.2) is 13.8 Å². The van der Waals surface area contributed by atoms with Crippen molar-refractivity contribution in [3.05, 3.63) is 33.1 Å². The fourth-order valence-corrected chi connectivity index (χ4v) is 1.52. The van der Waals surface area contributed by atoms with E-state index in [1.54, 1.807) is 0 Å². The van der Waals surface area contributed by atoms with Crippen molar-refractivity contribution in [2.45, 2.75) is 6.43 Å². The van der Waals surface area contributed by atoms with Crippen molar-refractivity contribution < 1.29 is 23.2 Å². The van der Waals surface area contributed by atoms with Crippen LogP contribution in [-0.2, 0) is 4.74 Å². The van der Waals surface area contributed by atoms with E-state index >= 15 is 0 Å². The monoisotopic (exact) mass is 309 g/mol. The summed E-state index contributed by atoms with van der Waals surface area (Å²) in [6.07, 6.45) is -1.44. The molecule has 1 heterocycles. The maximum absolute atomic E-state index is 11.8. The van der Waals surface area contributed by atoms with Gasteiger partial charge in [0, 0.05) is 12.7 Å². The number of aromatic nitrogens is 1. The lowest BCUT2D eigenvalue weighted by Crippen LogP contribution is -2.28. The van der Waals surface area contributed by atoms with Gasteiger partial charge >= 0.3 is 5.69 Å². The molecule has 0 aliphatic carbocycles. The first-order valence-corrected chi connectivity index (χ1v) is 5.74. The maximum atomic E-state index is 11.8. The molecule has 0 radical (unpaired) electrons. The summed E-state index contributed by atoms with van der Waals surface area (Å²) < 4.78 is 28.1. The third-order valence-corrected chi connectivity index (χ3v) is 2.36. The zero-order valence-corrected chi connectivity index (χ0v) is 10.8. The lowest BCUT2D eigenvalue weighted by molar-refractivity contribution is -0.385. The predicted octanol–water partition coefficient (Wildman–Crippen LogP) is 1.65. The molecule has 0 atom stereocenters. The van der Waals surface area contributed by atoms with Crippen molar-refractivity contribution >= 4 is 23.2 Å². The average molecular weight is 310 g/mol. The minimum atomic E-state index is -2.59. The van der Waals surface area contributed by atoms with E-state index in [0.29, 0.717) is 0 Å². The summed E-state index contributed by atoms with van der Waals surface area (Å²) >= 11 is 5.55. The maximum Gasteiger partial charge on any atom is 0.319 e. The zero-order chi connectivity index (χ0) is 15.1. The van der Waals surface area contributed by atoms with Crippen molar-refractivity contribution in [3.8, 4) is 0 Å². The third-order valence-electron chi connectivity index (χ3n) is 2.08. The first-order valence-electron chi connectivity index (χ1n) is 5.36. The first kappa shape index (κ1) is 16.2. The zero-order valence-electron chi connectivity index (χ0n) is 10.0. The van der Waals surface area contributed by atoms with Crippen molar-refractivity contribution in [2.75, 3.05) is 19.8 Å². The van der Waals surface area contributed by atoms with Crippen LogP contribution in [0.1, 0.15) is 10.4 Å². The van der Waals surface area contributed by atoms with Crippen LogP contribution in [0.2, 0.25) is 5.15 Å². The second-order valence-corrected chi connectivity index (χ2v) is 3.83. The highest BCUT2D eigenvalue weighted by Crippen LogP contribution is 2.25. The predicted molar refractivity (Wildman–Crippen MR) is 65.1 cm³/mol. The van der Waals surface area contributed by atoms with Crippen LogP contribution in [0, 0.1) is 10.1 Å². The molecule has 110 valence electrons. The number of alkyl halides is 2. The van der Waals surface area contributed by atoms with Gasteiger partial charge < -0.3 is 10.1 Å². The van der Waals surface area contributed by atoms with Gasteiger partial charge in [0.2, 0.25) is 5.15 Å². The van der Waals surface area contributed by atoms with Crippen molar-refractivity contribution in [3.63, 3.8) is 0 Å². The normalized spacial score (nSPS) is 10.6. The number of halogens is 3. The number of amides is 1. The topological polar surface area (TPSA) is 94.4 Å². The van der Waals surface area contributed by atoms with Crippen LogP contribution >= 0.6 is 11.6 Å². The Morgan fingerprint density at radius 2 is 2.30 bits per heavy atom. The summed E-state index contributed by atoms with van der Waals surface area (Å²) in [4.78, 5) is 25.2. The number of rotatable bonds is 7. The van der Waals surface area contributed by atoms with Gasteiger partial charge in [0.1, 0.15) is 12.2 Å². The number of nitro groups is 1. The average Bonchev–Trinajstić information content (AvgIpc) is 2.36. The number of nitrogens with zero attached hydrogens (tertiary/aromatic N) is 2. The molecule has 0 saturated heterocycles. The first-order chi connectivity index (χ1) is 9.43. The molecule has 0 unspecified atom stereocenters. The van der Waals surface area contributed by atoms with Gasteiger partial charge in [0.25, 0.3) is 12.3 Å². The Morgan fingerprint density at radius 1 is 1.60 bits per heavy atom. The van der Waals surface area contributed by atoms with Gasteiger partial charge in [-0.2, -0.15) is 0 Å². The fraction of sp³-hybridized carbons (Fsp3) is 0.400. The number of pyridine rings is 1. The number of hydrogen-bond donors (Lipinski definition) is 1. The Bertz CT molecular complexity index is 501. The molecule has 0 bridgehead atoms. The fourth-order valence-electron chi connectivity index (χ4n) is 1.29. The van der Waals surface area contributed by atoms with Gasteiger partial charge in [0.15, 0.2) is 0 Å². The van der Waals surface area contributed by atoms with Gasteiger partial charge in [-0.1, -0.05) is 11.6 Å². The second kappa shape index (κ2) is 7.65. The van der Waals surface area contributed by atoms with Crippen LogP contribution in [0.25, 0.3) is 0 Å². The van der Waals surface area contributed by atoms with Crippen molar-refractivity contribution in [2.24, 2.45) is 0 Å². The Kier molecular flexibility index (Phi) is 6.19. The molecule has 0 aromatic carbocycles. The number of nitrogens with one attached hydrogen (secondary N) is 1. The molecule has 1 aromatic heterocycles. The Balaban J connectivity index is 2.60. The summed E-state index contributed by atoms with van der Waals surface area (Å²) in [6, 6.07) is 1.14. The Hall–Kier alpha value is -1.87. The molecule has 0 spiro atoms. The van der Waals surface area contributed by atoms with E-state index in [0.717, 1.165) is 12.3 Å². The van der Waals surface area contributed by atoms with Gasteiger partial charge in [-0.05, 0) is 6.07 Å². The molecule has 1 rings (SSSR count). The molecule has 0 aliphatic rings. The van der Waals surface area contributed by atoms with Crippen LogP contribution in [0.4, 0.5) is 14.5 Å². The lowest BCUT2D eigenvalue weighted by atomic mass is 10.2.